The van der Waals surface area contributed by atoms with Crippen molar-refractivity contribution in [2.24, 2.45) is 0 Å². The number of hydrogen-bond acceptors (Lipinski definition) is 6. The molecule has 1 saturated heterocycles. The number of hydrogen-bond donors (Lipinski definition) is 2. The van der Waals surface area contributed by atoms with Crippen molar-refractivity contribution in [2.75, 3.05) is 33.4 Å². The van der Waals surface area contributed by atoms with Gasteiger partial charge in [0.2, 0.25) is 0 Å². The topological polar surface area (TPSA) is 97.7 Å². The number of ether oxygens (including phenoxy) is 2. The van der Waals surface area contributed by atoms with Crippen molar-refractivity contribution in [1.29, 1.82) is 0 Å². The Morgan fingerprint density at radius 1 is 1.42 bits per heavy atom. The van der Waals surface area contributed by atoms with Gasteiger partial charge in [-0.3, -0.25) is 9.48 Å². The number of aromatic nitrogens is 2. The van der Waals surface area contributed by atoms with Crippen molar-refractivity contribution in [3.8, 4) is 0 Å². The smallest absolute Gasteiger partial charge is 0.406 e. The summed E-state index contributed by atoms with van der Waals surface area (Å²) in [6.45, 7) is 6.92. The summed E-state index contributed by atoms with van der Waals surface area (Å²) in [7, 11) is 1.35. The van der Waals surface area contributed by atoms with Gasteiger partial charge in [-0.1, -0.05) is 12.1 Å². The molecule has 2 amide bonds. The molecule has 1 aliphatic heterocycles. The minimum absolute atomic E-state index is 0.0632. The van der Waals surface area contributed by atoms with Gasteiger partial charge in [0.05, 0.1) is 37.5 Å². The number of benzene rings is 1. The lowest BCUT2D eigenvalue weighted by Crippen LogP contribution is -2.50. The summed E-state index contributed by atoms with van der Waals surface area (Å²) in [5.41, 5.74) is 3.00. The standard InChI is InChI=1S/C22H31N5O4/c1-14-18-7-4-16(12-19(18)26(25-14)10-8-24-22(29)30-3)15(2)27(17-5-6-17)21(28)20-13-23-9-11-31-20/h4,7,12,15,17,20,23H,5-6,8-11,13H2,1-3H3,(H,24,29)/t15-,20-/m1/s1. The minimum atomic E-state index is -0.458. The number of amides is 2. The number of nitrogens with one attached hydrogen (secondary N) is 2. The first-order valence-electron chi connectivity index (χ1n) is 10.9. The molecule has 2 fully saturated rings. The van der Waals surface area contributed by atoms with Gasteiger partial charge in [0.15, 0.2) is 0 Å². The van der Waals surface area contributed by atoms with E-state index in [0.717, 1.165) is 41.5 Å². The van der Waals surface area contributed by atoms with Crippen molar-refractivity contribution >= 4 is 22.9 Å². The van der Waals surface area contributed by atoms with Gasteiger partial charge >= 0.3 is 6.09 Å². The van der Waals surface area contributed by atoms with E-state index in [1.807, 2.05) is 16.5 Å². The third-order valence-electron chi connectivity index (χ3n) is 6.04. The number of nitrogens with zero attached hydrogens (tertiary/aromatic N) is 3. The van der Waals surface area contributed by atoms with Gasteiger partial charge < -0.3 is 25.0 Å². The zero-order valence-electron chi connectivity index (χ0n) is 18.4. The Morgan fingerprint density at radius 3 is 2.90 bits per heavy atom. The maximum Gasteiger partial charge on any atom is 0.406 e. The van der Waals surface area contributed by atoms with E-state index in [4.69, 9.17) is 4.74 Å². The molecule has 1 aromatic carbocycles. The van der Waals surface area contributed by atoms with Crippen LogP contribution in [0.4, 0.5) is 4.79 Å². The Morgan fingerprint density at radius 2 is 2.23 bits per heavy atom. The zero-order chi connectivity index (χ0) is 22.0. The third-order valence-corrected chi connectivity index (χ3v) is 6.04. The summed E-state index contributed by atoms with van der Waals surface area (Å²) in [6, 6.07) is 6.48. The summed E-state index contributed by atoms with van der Waals surface area (Å²) in [4.78, 5) is 26.6. The molecule has 2 heterocycles. The number of fused-ring (bicyclic) bond motifs is 1. The molecule has 4 rings (SSSR count). The van der Waals surface area contributed by atoms with Gasteiger partial charge in [-0.2, -0.15) is 5.10 Å². The number of aryl methyl sites for hydroxylation is 1. The van der Waals surface area contributed by atoms with Crippen LogP contribution in [-0.4, -0.2) is 72.2 Å². The highest BCUT2D eigenvalue weighted by Crippen LogP contribution is 2.36. The lowest BCUT2D eigenvalue weighted by Gasteiger charge is -2.34. The first-order valence-corrected chi connectivity index (χ1v) is 10.9. The quantitative estimate of drug-likeness (QED) is 0.696. The molecule has 9 nitrogen and oxygen atoms in total. The molecule has 31 heavy (non-hydrogen) atoms. The van der Waals surface area contributed by atoms with Crippen LogP contribution < -0.4 is 10.6 Å². The molecule has 0 unspecified atom stereocenters. The monoisotopic (exact) mass is 429 g/mol. The molecule has 2 atom stereocenters. The van der Waals surface area contributed by atoms with E-state index in [-0.39, 0.29) is 18.0 Å². The average Bonchev–Trinajstić information content (AvgIpc) is 3.58. The number of morpholine rings is 1. The van der Waals surface area contributed by atoms with Crippen LogP contribution in [0.2, 0.25) is 0 Å². The minimum Gasteiger partial charge on any atom is -0.453 e. The van der Waals surface area contributed by atoms with Crippen molar-refractivity contribution in [2.45, 2.75) is 51.4 Å². The van der Waals surface area contributed by atoms with Crippen molar-refractivity contribution in [3.63, 3.8) is 0 Å². The molecule has 1 aromatic heterocycles. The summed E-state index contributed by atoms with van der Waals surface area (Å²) in [5, 5.41) is 11.6. The van der Waals surface area contributed by atoms with Crippen LogP contribution in [0.1, 0.15) is 37.1 Å². The first-order chi connectivity index (χ1) is 15.0. The van der Waals surface area contributed by atoms with Gasteiger partial charge in [0, 0.05) is 31.1 Å². The Labute approximate surface area is 182 Å². The second-order valence-electron chi connectivity index (χ2n) is 8.22. The predicted molar refractivity (Wildman–Crippen MR) is 116 cm³/mol. The molecule has 2 aliphatic rings. The predicted octanol–water partition coefficient (Wildman–Crippen LogP) is 1.74. The summed E-state index contributed by atoms with van der Waals surface area (Å²) >= 11 is 0. The Balaban J connectivity index is 1.56. The molecular formula is C22H31N5O4. The molecular weight excluding hydrogens is 398 g/mol. The Hall–Kier alpha value is -2.65. The number of carbonyl (C=O) groups excluding carboxylic acids is 2. The largest absolute Gasteiger partial charge is 0.453 e. The van der Waals surface area contributed by atoms with E-state index in [9.17, 15) is 9.59 Å². The summed E-state index contributed by atoms with van der Waals surface area (Å²) in [5.74, 6) is 0.0641. The highest BCUT2D eigenvalue weighted by molar-refractivity contribution is 5.84. The van der Waals surface area contributed by atoms with Gasteiger partial charge in [0.25, 0.3) is 5.91 Å². The molecule has 2 N–H and O–H groups in total. The van der Waals surface area contributed by atoms with Gasteiger partial charge in [-0.25, -0.2) is 4.79 Å². The Kier molecular flexibility index (Phi) is 6.43. The van der Waals surface area contributed by atoms with Gasteiger partial charge in [0.1, 0.15) is 6.10 Å². The highest BCUT2D eigenvalue weighted by atomic mass is 16.5. The normalized spacial score (nSPS) is 19.8. The first kappa shape index (κ1) is 21.6. The fraction of sp³-hybridized carbons (Fsp3) is 0.591. The summed E-state index contributed by atoms with van der Waals surface area (Å²) < 4.78 is 12.3. The van der Waals surface area contributed by atoms with Crippen LogP contribution >= 0.6 is 0 Å². The lowest BCUT2D eigenvalue weighted by molar-refractivity contribution is -0.148. The molecule has 0 radical (unpaired) electrons. The van der Waals surface area contributed by atoms with Crippen LogP contribution in [0, 0.1) is 6.92 Å². The molecule has 9 heteroatoms. The van der Waals surface area contributed by atoms with Crippen molar-refractivity contribution in [1.82, 2.24) is 25.3 Å². The van der Waals surface area contributed by atoms with Crippen LogP contribution in [0.5, 0.6) is 0 Å². The average molecular weight is 430 g/mol. The van der Waals surface area contributed by atoms with Gasteiger partial charge in [-0.15, -0.1) is 0 Å². The molecule has 0 bridgehead atoms. The van der Waals surface area contributed by atoms with E-state index in [2.05, 4.69) is 45.6 Å². The molecule has 0 spiro atoms. The van der Waals surface area contributed by atoms with E-state index < -0.39 is 12.2 Å². The van der Waals surface area contributed by atoms with E-state index in [0.29, 0.717) is 26.2 Å². The van der Waals surface area contributed by atoms with Crippen LogP contribution in [0.25, 0.3) is 10.9 Å². The fourth-order valence-corrected chi connectivity index (χ4v) is 4.21. The number of methoxy groups -OCH3 is 1. The van der Waals surface area contributed by atoms with E-state index in [1.165, 1.54) is 7.11 Å². The molecule has 2 aromatic rings. The molecule has 1 saturated carbocycles. The highest BCUT2D eigenvalue weighted by Gasteiger charge is 2.40. The summed E-state index contributed by atoms with van der Waals surface area (Å²) in [6.07, 6.45) is 1.20. The maximum absolute atomic E-state index is 13.3. The lowest BCUT2D eigenvalue weighted by atomic mass is 10.0. The third kappa shape index (κ3) is 4.67. The SMILES string of the molecule is COC(=O)NCCn1nc(C)c2ccc([C@@H](C)N(C(=O)[C@H]3CNCCO3)C3CC3)cc21. The van der Waals surface area contributed by atoms with Crippen LogP contribution in [0.15, 0.2) is 18.2 Å². The number of carbonyl (C=O) groups is 2. The second-order valence-corrected chi connectivity index (χ2v) is 8.22. The molecule has 1 aliphatic carbocycles. The van der Waals surface area contributed by atoms with Gasteiger partial charge in [-0.05, 0) is 38.3 Å². The number of alkyl carbamates (subject to hydrolysis) is 1. The van der Waals surface area contributed by atoms with Crippen LogP contribution in [-0.2, 0) is 20.8 Å². The van der Waals surface area contributed by atoms with E-state index >= 15 is 0 Å². The van der Waals surface area contributed by atoms with Crippen LogP contribution in [0.3, 0.4) is 0 Å². The fourth-order valence-electron chi connectivity index (χ4n) is 4.21. The zero-order valence-corrected chi connectivity index (χ0v) is 18.4. The van der Waals surface area contributed by atoms with Crippen molar-refractivity contribution in [3.05, 3.63) is 29.5 Å². The maximum atomic E-state index is 13.3. The van der Waals surface area contributed by atoms with E-state index in [1.54, 1.807) is 0 Å². The van der Waals surface area contributed by atoms with Crippen molar-refractivity contribution < 1.29 is 19.1 Å². The molecule has 168 valence electrons. The number of rotatable bonds is 7. The Bertz CT molecular complexity index is 949. The second kappa shape index (κ2) is 9.23.